The summed E-state index contributed by atoms with van der Waals surface area (Å²) in [4.78, 5) is 0. The smallest absolute Gasteiger partial charge is 0.122 e. The van der Waals surface area contributed by atoms with E-state index in [1.807, 2.05) is 6.07 Å². The molecule has 0 aromatic carbocycles. The average molecular weight is 209 g/mol. The topological polar surface area (TPSA) is 64.1 Å². The fourth-order valence-corrected chi connectivity index (χ4v) is 2.03. The van der Waals surface area contributed by atoms with Crippen LogP contribution in [-0.4, -0.2) is 21.5 Å². The number of aliphatic hydroxyl groups excluding tert-OH is 1. The zero-order valence-electron chi connectivity index (χ0n) is 9.40. The summed E-state index contributed by atoms with van der Waals surface area (Å²) >= 11 is 0. The molecule has 0 radical (unpaired) electrons. The predicted molar refractivity (Wildman–Crippen MR) is 59.5 cm³/mol. The van der Waals surface area contributed by atoms with E-state index < -0.39 is 0 Å². The fraction of sp³-hybridized carbons (Fsp3) is 0.727. The van der Waals surface area contributed by atoms with Crippen molar-refractivity contribution >= 4 is 5.82 Å². The van der Waals surface area contributed by atoms with Crippen LogP contribution >= 0.6 is 0 Å². The highest BCUT2D eigenvalue weighted by molar-refractivity contribution is 5.34. The molecule has 0 amide bonds. The van der Waals surface area contributed by atoms with Gasteiger partial charge in [0, 0.05) is 11.5 Å². The van der Waals surface area contributed by atoms with Crippen LogP contribution in [0, 0.1) is 5.92 Å². The molecule has 2 rings (SSSR count). The predicted octanol–water partition coefficient (Wildman–Crippen LogP) is 1.15. The molecule has 1 aromatic heterocycles. The molecule has 1 aromatic rings. The molecule has 3 N–H and O–H groups in total. The van der Waals surface area contributed by atoms with Crippen LogP contribution in [0.1, 0.15) is 32.4 Å². The second-order valence-electron chi connectivity index (χ2n) is 4.90. The van der Waals surface area contributed by atoms with Crippen LogP contribution in [0.4, 0.5) is 5.82 Å². The van der Waals surface area contributed by atoms with Gasteiger partial charge in [-0.1, -0.05) is 13.8 Å². The molecule has 0 spiro atoms. The van der Waals surface area contributed by atoms with Gasteiger partial charge in [0.2, 0.25) is 0 Å². The summed E-state index contributed by atoms with van der Waals surface area (Å²) in [5, 5.41) is 13.3. The van der Waals surface area contributed by atoms with Crippen LogP contribution in [0.15, 0.2) is 6.07 Å². The third-order valence-corrected chi connectivity index (χ3v) is 3.38. The van der Waals surface area contributed by atoms with Gasteiger partial charge in [0.15, 0.2) is 0 Å². The lowest BCUT2D eigenvalue weighted by molar-refractivity contribution is 0.269. The van der Waals surface area contributed by atoms with Crippen molar-refractivity contribution < 1.29 is 5.11 Å². The van der Waals surface area contributed by atoms with Crippen LogP contribution in [0.3, 0.4) is 0 Å². The second-order valence-corrected chi connectivity index (χ2v) is 4.90. The second kappa shape index (κ2) is 3.52. The van der Waals surface area contributed by atoms with Crippen LogP contribution in [-0.2, 0) is 12.0 Å². The lowest BCUT2D eigenvalue weighted by Gasteiger charge is -2.21. The zero-order chi connectivity index (χ0) is 11.1. The number of anilines is 1. The standard InChI is InChI=1S/C11H19N3O/c1-11(2,8-3-4-8)9-7-10(12)14(13-9)5-6-15/h7-8,15H,3-6,12H2,1-2H3. The van der Waals surface area contributed by atoms with Gasteiger partial charge in [0.05, 0.1) is 18.8 Å². The Kier molecular flexibility index (Phi) is 2.46. The fourth-order valence-electron chi connectivity index (χ4n) is 2.03. The van der Waals surface area contributed by atoms with Crippen molar-refractivity contribution in [3.8, 4) is 0 Å². The van der Waals surface area contributed by atoms with E-state index in [0.29, 0.717) is 12.4 Å². The highest BCUT2D eigenvalue weighted by Crippen LogP contribution is 2.46. The number of nitrogens with zero attached hydrogens (tertiary/aromatic N) is 2. The molecule has 0 atom stereocenters. The summed E-state index contributed by atoms with van der Waals surface area (Å²) in [5.74, 6) is 1.39. The Balaban J connectivity index is 2.24. The van der Waals surface area contributed by atoms with Gasteiger partial charge in [-0.05, 0) is 18.8 Å². The van der Waals surface area contributed by atoms with E-state index >= 15 is 0 Å². The summed E-state index contributed by atoms with van der Waals surface area (Å²) in [6.45, 7) is 4.99. The van der Waals surface area contributed by atoms with E-state index in [-0.39, 0.29) is 12.0 Å². The third-order valence-electron chi connectivity index (χ3n) is 3.38. The number of aliphatic hydroxyl groups is 1. The summed E-state index contributed by atoms with van der Waals surface area (Å²) in [6, 6.07) is 1.94. The molecule has 1 aliphatic carbocycles. The number of nitrogen functional groups attached to an aromatic ring is 1. The maximum Gasteiger partial charge on any atom is 0.122 e. The Morgan fingerprint density at radius 1 is 1.60 bits per heavy atom. The third kappa shape index (κ3) is 1.86. The SMILES string of the molecule is CC(C)(c1cc(N)n(CCO)n1)C1CC1. The molecule has 0 aliphatic heterocycles. The highest BCUT2D eigenvalue weighted by Gasteiger charge is 2.40. The first-order chi connectivity index (χ1) is 7.05. The van der Waals surface area contributed by atoms with E-state index in [9.17, 15) is 0 Å². The van der Waals surface area contributed by atoms with Gasteiger partial charge < -0.3 is 10.8 Å². The van der Waals surface area contributed by atoms with E-state index in [0.717, 1.165) is 11.6 Å². The normalized spacial score (nSPS) is 17.0. The molecule has 1 heterocycles. The van der Waals surface area contributed by atoms with Gasteiger partial charge in [-0.2, -0.15) is 5.10 Å². The van der Waals surface area contributed by atoms with Crippen LogP contribution < -0.4 is 5.73 Å². The zero-order valence-corrected chi connectivity index (χ0v) is 9.40. The molecule has 4 heteroatoms. The van der Waals surface area contributed by atoms with Crippen molar-refractivity contribution in [2.45, 2.75) is 38.6 Å². The maximum atomic E-state index is 8.86. The number of aromatic nitrogens is 2. The van der Waals surface area contributed by atoms with Gasteiger partial charge in [0.1, 0.15) is 5.82 Å². The summed E-state index contributed by atoms with van der Waals surface area (Å²) in [6.07, 6.45) is 2.58. The molecule has 1 saturated carbocycles. The van der Waals surface area contributed by atoms with Gasteiger partial charge in [-0.15, -0.1) is 0 Å². The van der Waals surface area contributed by atoms with E-state index in [1.165, 1.54) is 12.8 Å². The quantitative estimate of drug-likeness (QED) is 0.781. The molecule has 0 unspecified atom stereocenters. The first-order valence-electron chi connectivity index (χ1n) is 5.50. The van der Waals surface area contributed by atoms with E-state index in [1.54, 1.807) is 4.68 Å². The minimum Gasteiger partial charge on any atom is -0.394 e. The first kappa shape index (κ1) is 10.5. The van der Waals surface area contributed by atoms with E-state index in [2.05, 4.69) is 18.9 Å². The Hall–Kier alpha value is -1.03. The molecular weight excluding hydrogens is 190 g/mol. The van der Waals surface area contributed by atoms with Crippen LogP contribution in [0.5, 0.6) is 0 Å². The molecular formula is C11H19N3O. The Morgan fingerprint density at radius 3 is 2.80 bits per heavy atom. The van der Waals surface area contributed by atoms with Crippen molar-refractivity contribution in [2.24, 2.45) is 5.92 Å². The Labute approximate surface area is 90.1 Å². The number of nitrogens with two attached hydrogens (primary N) is 1. The molecule has 0 saturated heterocycles. The number of hydrogen-bond donors (Lipinski definition) is 2. The molecule has 15 heavy (non-hydrogen) atoms. The Morgan fingerprint density at radius 2 is 2.27 bits per heavy atom. The monoisotopic (exact) mass is 209 g/mol. The highest BCUT2D eigenvalue weighted by atomic mass is 16.3. The summed E-state index contributed by atoms with van der Waals surface area (Å²) < 4.78 is 1.68. The van der Waals surface area contributed by atoms with Crippen LogP contribution in [0.2, 0.25) is 0 Å². The van der Waals surface area contributed by atoms with Gasteiger partial charge >= 0.3 is 0 Å². The van der Waals surface area contributed by atoms with E-state index in [4.69, 9.17) is 10.8 Å². The molecule has 4 nitrogen and oxygen atoms in total. The minimum atomic E-state index is 0.0785. The van der Waals surface area contributed by atoms with Crippen molar-refractivity contribution in [2.75, 3.05) is 12.3 Å². The van der Waals surface area contributed by atoms with Crippen molar-refractivity contribution in [1.29, 1.82) is 0 Å². The Bertz CT molecular complexity index is 353. The first-order valence-corrected chi connectivity index (χ1v) is 5.50. The molecule has 84 valence electrons. The largest absolute Gasteiger partial charge is 0.394 e. The lowest BCUT2D eigenvalue weighted by Crippen LogP contribution is -2.21. The van der Waals surface area contributed by atoms with Gasteiger partial charge in [0.25, 0.3) is 0 Å². The van der Waals surface area contributed by atoms with Crippen LogP contribution in [0.25, 0.3) is 0 Å². The number of hydrogen-bond acceptors (Lipinski definition) is 3. The molecule has 1 aliphatic rings. The summed E-state index contributed by atoms with van der Waals surface area (Å²) in [5.41, 5.74) is 7.01. The molecule has 0 bridgehead atoms. The van der Waals surface area contributed by atoms with Crippen molar-refractivity contribution in [3.05, 3.63) is 11.8 Å². The lowest BCUT2D eigenvalue weighted by atomic mass is 9.84. The molecule has 1 fully saturated rings. The number of rotatable bonds is 4. The van der Waals surface area contributed by atoms with Gasteiger partial charge in [-0.25, -0.2) is 4.68 Å². The summed E-state index contributed by atoms with van der Waals surface area (Å²) in [7, 11) is 0. The van der Waals surface area contributed by atoms with Gasteiger partial charge in [-0.3, -0.25) is 0 Å². The maximum absolute atomic E-state index is 8.86. The van der Waals surface area contributed by atoms with Crippen molar-refractivity contribution in [1.82, 2.24) is 9.78 Å². The van der Waals surface area contributed by atoms with Crippen molar-refractivity contribution in [3.63, 3.8) is 0 Å². The minimum absolute atomic E-state index is 0.0785. The average Bonchev–Trinajstić information content (AvgIpc) is 2.94.